The summed E-state index contributed by atoms with van der Waals surface area (Å²) >= 11 is 1.54. The summed E-state index contributed by atoms with van der Waals surface area (Å²) in [7, 11) is -1.45. The van der Waals surface area contributed by atoms with Crippen LogP contribution in [-0.4, -0.2) is 26.3 Å². The molecule has 1 aromatic rings. The third-order valence-corrected chi connectivity index (χ3v) is 4.76. The predicted octanol–water partition coefficient (Wildman–Crippen LogP) is 4.99. The van der Waals surface area contributed by atoms with Crippen LogP contribution in [0.4, 0.5) is 0 Å². The molecule has 0 fully saturated rings. The first-order valence-electron chi connectivity index (χ1n) is 8.67. The molecule has 0 bridgehead atoms. The van der Waals surface area contributed by atoms with Crippen molar-refractivity contribution >= 4 is 19.4 Å². The molecule has 0 aliphatic carbocycles. The summed E-state index contributed by atoms with van der Waals surface area (Å²) in [6, 6.07) is 0. The van der Waals surface area contributed by atoms with Crippen molar-refractivity contribution in [2.24, 2.45) is 0 Å². The van der Waals surface area contributed by atoms with Gasteiger partial charge in [0.2, 0.25) is 6.29 Å². The van der Waals surface area contributed by atoms with Crippen LogP contribution in [-0.2, 0) is 9.47 Å². The van der Waals surface area contributed by atoms with E-state index in [0.29, 0.717) is 13.2 Å². The van der Waals surface area contributed by atoms with Gasteiger partial charge in [-0.25, -0.2) is 4.98 Å². The van der Waals surface area contributed by atoms with Gasteiger partial charge in [0, 0.05) is 19.6 Å². The van der Waals surface area contributed by atoms with Gasteiger partial charge in [-0.3, -0.25) is 0 Å². The highest BCUT2D eigenvalue weighted by Crippen LogP contribution is 2.26. The lowest BCUT2D eigenvalue weighted by Crippen LogP contribution is -2.16. The van der Waals surface area contributed by atoms with E-state index < -0.39 is 14.4 Å². The third kappa shape index (κ3) is 7.64. The molecule has 1 aromatic heterocycles. The average Bonchev–Trinajstić information content (AvgIpc) is 2.92. The first kappa shape index (κ1) is 20.9. The van der Waals surface area contributed by atoms with Crippen LogP contribution in [0.15, 0.2) is 0 Å². The minimum Gasteiger partial charge on any atom is -0.347 e. The Balaban J connectivity index is 3.15. The number of ether oxygens (including phenoxy) is 2. The molecular formula is C19H29NO2SSi. The lowest BCUT2D eigenvalue weighted by Gasteiger charge is -2.13. The zero-order valence-electron chi connectivity index (χ0n) is 15.8. The highest BCUT2D eigenvalue weighted by Gasteiger charge is 2.19. The number of rotatable bonds is 7. The maximum atomic E-state index is 5.66. The van der Waals surface area contributed by atoms with Gasteiger partial charge in [-0.05, 0) is 26.2 Å². The molecule has 0 saturated heterocycles. The molecule has 0 spiro atoms. The molecule has 0 N–H and O–H groups in total. The number of aromatic nitrogens is 1. The first-order chi connectivity index (χ1) is 11.4. The summed E-state index contributed by atoms with van der Waals surface area (Å²) in [6.07, 6.45) is 2.73. The van der Waals surface area contributed by atoms with E-state index in [-0.39, 0.29) is 0 Å². The van der Waals surface area contributed by atoms with Crippen molar-refractivity contribution < 1.29 is 9.47 Å². The summed E-state index contributed by atoms with van der Waals surface area (Å²) in [6.45, 7) is 13.9. The third-order valence-electron chi connectivity index (χ3n) is 2.89. The van der Waals surface area contributed by atoms with Crippen LogP contribution in [0.2, 0.25) is 19.6 Å². The molecule has 24 heavy (non-hydrogen) atoms. The lowest BCUT2D eigenvalue weighted by atomic mass is 10.2. The summed E-state index contributed by atoms with van der Waals surface area (Å²) in [5, 5.41) is 0.804. The average molecular weight is 364 g/mol. The number of hydrogen-bond donors (Lipinski definition) is 0. The molecule has 0 unspecified atom stereocenters. The van der Waals surface area contributed by atoms with Crippen LogP contribution in [0.5, 0.6) is 0 Å². The number of nitrogens with zero attached hydrogens (tertiary/aromatic N) is 1. The maximum Gasteiger partial charge on any atom is 0.210 e. The van der Waals surface area contributed by atoms with Gasteiger partial charge >= 0.3 is 0 Å². The van der Waals surface area contributed by atoms with E-state index in [9.17, 15) is 0 Å². The molecule has 0 aliphatic rings. The fourth-order valence-corrected chi connectivity index (χ4v) is 3.22. The standard InChI is InChI=1S/C19H29NO2SSi/c1-7-10-11-12-13-16-17(14-15-24(4,5)6)23-18(20-16)19(21-8-2)22-9-3/h19H,7-11H2,1-6H3. The van der Waals surface area contributed by atoms with Crippen LogP contribution in [0.3, 0.4) is 0 Å². The molecule has 1 heterocycles. The van der Waals surface area contributed by atoms with Crippen molar-refractivity contribution in [1.82, 2.24) is 4.98 Å². The summed E-state index contributed by atoms with van der Waals surface area (Å²) in [5.41, 5.74) is 4.17. The number of hydrogen-bond acceptors (Lipinski definition) is 4. The Labute approximate surface area is 152 Å². The SMILES string of the molecule is CCCCC#Cc1nc(C(OCC)OCC)sc1C#C[Si](C)(C)C. The Kier molecular flexibility index (Phi) is 9.32. The smallest absolute Gasteiger partial charge is 0.210 e. The van der Waals surface area contributed by atoms with Gasteiger partial charge in [-0.1, -0.05) is 44.8 Å². The Hall–Kier alpha value is -1.11. The second-order valence-corrected chi connectivity index (χ2v) is 12.2. The van der Waals surface area contributed by atoms with E-state index in [1.807, 2.05) is 13.8 Å². The maximum absolute atomic E-state index is 5.66. The molecule has 0 aromatic carbocycles. The van der Waals surface area contributed by atoms with Crippen molar-refractivity contribution in [2.45, 2.75) is 66.0 Å². The lowest BCUT2D eigenvalue weighted by molar-refractivity contribution is -0.140. The van der Waals surface area contributed by atoms with Gasteiger partial charge in [-0.15, -0.1) is 16.9 Å². The fourth-order valence-electron chi connectivity index (χ4n) is 1.76. The minimum atomic E-state index is -1.45. The van der Waals surface area contributed by atoms with Gasteiger partial charge in [0.15, 0.2) is 5.01 Å². The second-order valence-electron chi connectivity index (χ2n) is 6.38. The van der Waals surface area contributed by atoms with Crippen LogP contribution in [0.1, 0.15) is 61.9 Å². The van der Waals surface area contributed by atoms with E-state index in [2.05, 4.69) is 54.9 Å². The Morgan fingerprint density at radius 1 is 1.08 bits per heavy atom. The first-order valence-corrected chi connectivity index (χ1v) is 13.0. The zero-order chi connectivity index (χ0) is 18.0. The number of thiazole rings is 1. The van der Waals surface area contributed by atoms with Crippen molar-refractivity contribution in [3.63, 3.8) is 0 Å². The largest absolute Gasteiger partial charge is 0.347 e. The molecule has 0 aliphatic heterocycles. The summed E-state index contributed by atoms with van der Waals surface area (Å²) in [5.74, 6) is 9.72. The monoisotopic (exact) mass is 363 g/mol. The Morgan fingerprint density at radius 3 is 2.29 bits per heavy atom. The van der Waals surface area contributed by atoms with Gasteiger partial charge < -0.3 is 9.47 Å². The van der Waals surface area contributed by atoms with Crippen LogP contribution in [0.25, 0.3) is 0 Å². The van der Waals surface area contributed by atoms with Crippen molar-refractivity contribution in [1.29, 1.82) is 0 Å². The zero-order valence-corrected chi connectivity index (χ0v) is 17.6. The quantitative estimate of drug-likeness (QED) is 0.296. The molecule has 0 amide bonds. The molecule has 0 radical (unpaired) electrons. The molecular weight excluding hydrogens is 334 g/mol. The van der Waals surface area contributed by atoms with Crippen LogP contribution >= 0.6 is 11.3 Å². The number of unbranched alkanes of at least 4 members (excludes halogenated alkanes) is 2. The van der Waals surface area contributed by atoms with Gasteiger partial charge in [0.05, 0.1) is 0 Å². The van der Waals surface area contributed by atoms with E-state index >= 15 is 0 Å². The molecule has 0 saturated carbocycles. The van der Waals surface area contributed by atoms with Crippen molar-refractivity contribution in [2.75, 3.05) is 13.2 Å². The minimum absolute atomic E-state index is 0.427. The highest BCUT2D eigenvalue weighted by atomic mass is 32.1. The molecule has 0 atom stereocenters. The van der Waals surface area contributed by atoms with Crippen LogP contribution < -0.4 is 0 Å². The molecule has 1 rings (SSSR count). The summed E-state index contributed by atoms with van der Waals surface area (Å²) in [4.78, 5) is 5.59. The van der Waals surface area contributed by atoms with E-state index in [1.165, 1.54) is 11.3 Å². The van der Waals surface area contributed by atoms with E-state index in [4.69, 9.17) is 9.47 Å². The predicted molar refractivity (Wildman–Crippen MR) is 105 cm³/mol. The second kappa shape index (κ2) is 10.7. The van der Waals surface area contributed by atoms with Crippen molar-refractivity contribution in [3.05, 3.63) is 15.6 Å². The molecule has 132 valence electrons. The fraction of sp³-hybridized carbons (Fsp3) is 0.632. The summed E-state index contributed by atoms with van der Waals surface area (Å²) < 4.78 is 11.3. The molecule has 3 nitrogen and oxygen atoms in total. The van der Waals surface area contributed by atoms with E-state index in [0.717, 1.165) is 34.8 Å². The van der Waals surface area contributed by atoms with Crippen molar-refractivity contribution in [3.8, 4) is 23.3 Å². The highest BCUT2D eigenvalue weighted by molar-refractivity contribution is 7.12. The Bertz CT molecular complexity index is 620. The van der Waals surface area contributed by atoms with Crippen LogP contribution in [0, 0.1) is 23.3 Å². The Morgan fingerprint density at radius 2 is 1.75 bits per heavy atom. The normalized spacial score (nSPS) is 11.0. The topological polar surface area (TPSA) is 31.4 Å². The molecule has 5 heteroatoms. The van der Waals surface area contributed by atoms with Gasteiger partial charge in [0.1, 0.15) is 18.6 Å². The van der Waals surface area contributed by atoms with Gasteiger partial charge in [-0.2, -0.15) is 0 Å². The van der Waals surface area contributed by atoms with Gasteiger partial charge in [0.25, 0.3) is 0 Å². The van der Waals surface area contributed by atoms with E-state index in [1.54, 1.807) is 0 Å².